The summed E-state index contributed by atoms with van der Waals surface area (Å²) in [5.74, 6) is 0. The number of morpholine rings is 1. The van der Waals surface area contributed by atoms with Crippen LogP contribution in [0.4, 0.5) is 5.69 Å². The molecule has 21 heavy (non-hydrogen) atoms. The molecule has 1 saturated heterocycles. The number of nitrogens with two attached hydrogens (primary N) is 1. The van der Waals surface area contributed by atoms with Crippen molar-refractivity contribution in [1.29, 1.82) is 0 Å². The maximum Gasteiger partial charge on any atom is 0.0808 e. The molecular weight excluding hydrogens is 284 g/mol. The van der Waals surface area contributed by atoms with Gasteiger partial charge >= 0.3 is 0 Å². The fourth-order valence-corrected chi connectivity index (χ4v) is 3.59. The topological polar surface area (TPSA) is 38.5 Å². The summed E-state index contributed by atoms with van der Waals surface area (Å²) in [6.07, 6.45) is 0.847. The van der Waals surface area contributed by atoms with E-state index in [0.717, 1.165) is 30.2 Å². The van der Waals surface area contributed by atoms with Crippen LogP contribution in [0.1, 0.15) is 40.2 Å². The van der Waals surface area contributed by atoms with Crippen molar-refractivity contribution in [2.75, 3.05) is 18.0 Å². The van der Waals surface area contributed by atoms with Gasteiger partial charge in [-0.15, -0.1) is 0 Å². The molecule has 118 valence electrons. The quantitative estimate of drug-likeness (QED) is 0.926. The van der Waals surface area contributed by atoms with E-state index in [2.05, 4.69) is 44.7 Å². The van der Waals surface area contributed by atoms with E-state index in [1.165, 1.54) is 5.56 Å². The summed E-state index contributed by atoms with van der Waals surface area (Å²) in [7, 11) is 0. The molecule has 0 aliphatic carbocycles. The lowest BCUT2D eigenvalue weighted by atomic mass is 9.98. The minimum absolute atomic E-state index is 0.146. The molecule has 0 radical (unpaired) electrons. The molecular formula is C17H27ClN2O. The SMILES string of the molecule is CC(N)Cc1ccc(N2CC(C)(C)OC(C)(C)C2)c(Cl)c1. The number of hydrogen-bond donors (Lipinski definition) is 1. The van der Waals surface area contributed by atoms with Crippen molar-refractivity contribution in [3.8, 4) is 0 Å². The summed E-state index contributed by atoms with van der Waals surface area (Å²) in [5, 5.41) is 0.793. The first kappa shape index (κ1) is 16.6. The molecule has 1 aromatic rings. The minimum atomic E-state index is -0.185. The normalized spacial score (nSPS) is 22.1. The second-order valence-corrected chi connectivity index (χ2v) is 7.85. The minimum Gasteiger partial charge on any atom is -0.366 e. The van der Waals surface area contributed by atoms with Crippen LogP contribution in [0.3, 0.4) is 0 Å². The first-order valence-electron chi connectivity index (χ1n) is 7.57. The summed E-state index contributed by atoms with van der Waals surface area (Å²) in [6.45, 7) is 12.2. The van der Waals surface area contributed by atoms with Crippen LogP contribution in [0.5, 0.6) is 0 Å². The highest BCUT2D eigenvalue weighted by Gasteiger charge is 2.38. The Morgan fingerprint density at radius 3 is 2.29 bits per heavy atom. The number of ether oxygens (including phenoxy) is 1. The van der Waals surface area contributed by atoms with Gasteiger partial charge in [0.25, 0.3) is 0 Å². The van der Waals surface area contributed by atoms with Gasteiger partial charge in [-0.1, -0.05) is 17.7 Å². The molecule has 0 aromatic heterocycles. The zero-order valence-electron chi connectivity index (χ0n) is 13.7. The summed E-state index contributed by atoms with van der Waals surface area (Å²) in [6, 6.07) is 6.42. The lowest BCUT2D eigenvalue weighted by Crippen LogP contribution is -2.57. The molecule has 1 aliphatic heterocycles. The highest BCUT2D eigenvalue weighted by molar-refractivity contribution is 6.33. The van der Waals surface area contributed by atoms with Gasteiger partial charge in [-0.3, -0.25) is 0 Å². The van der Waals surface area contributed by atoms with Gasteiger partial charge < -0.3 is 15.4 Å². The molecule has 4 heteroatoms. The molecule has 0 spiro atoms. The van der Waals surface area contributed by atoms with Gasteiger partial charge in [0.15, 0.2) is 0 Å². The summed E-state index contributed by atoms with van der Waals surface area (Å²) >= 11 is 6.51. The van der Waals surface area contributed by atoms with E-state index < -0.39 is 0 Å². The first-order chi connectivity index (χ1) is 9.58. The Hall–Kier alpha value is -0.770. The number of anilines is 1. The molecule has 1 aromatic carbocycles. The fourth-order valence-electron chi connectivity index (χ4n) is 3.26. The molecule has 2 N–H and O–H groups in total. The standard InChI is InChI=1S/C17H27ClN2O/c1-12(19)8-13-6-7-15(14(18)9-13)20-10-16(2,3)21-17(4,5)11-20/h6-7,9,12H,8,10-11,19H2,1-5H3. The van der Waals surface area contributed by atoms with Gasteiger partial charge in [-0.2, -0.15) is 0 Å². The molecule has 1 unspecified atom stereocenters. The third-order valence-corrected chi connectivity index (χ3v) is 3.91. The predicted octanol–water partition coefficient (Wildman–Crippen LogP) is 3.62. The number of rotatable bonds is 3. The molecule has 1 aliphatic rings. The van der Waals surface area contributed by atoms with Crippen LogP contribution < -0.4 is 10.6 Å². The Morgan fingerprint density at radius 2 is 1.81 bits per heavy atom. The van der Waals surface area contributed by atoms with Gasteiger partial charge in [-0.25, -0.2) is 0 Å². The molecule has 3 nitrogen and oxygen atoms in total. The van der Waals surface area contributed by atoms with Crippen LogP contribution >= 0.6 is 11.6 Å². The van der Waals surface area contributed by atoms with Gasteiger partial charge in [0.2, 0.25) is 0 Å². The van der Waals surface area contributed by atoms with Crippen molar-refractivity contribution in [2.24, 2.45) is 5.73 Å². The number of halogens is 1. The fraction of sp³-hybridized carbons (Fsp3) is 0.647. The molecule has 1 fully saturated rings. The van der Waals surface area contributed by atoms with E-state index in [9.17, 15) is 0 Å². The van der Waals surface area contributed by atoms with E-state index in [-0.39, 0.29) is 17.2 Å². The number of hydrogen-bond acceptors (Lipinski definition) is 3. The van der Waals surface area contributed by atoms with E-state index in [1.807, 2.05) is 13.0 Å². The second-order valence-electron chi connectivity index (χ2n) is 7.44. The first-order valence-corrected chi connectivity index (χ1v) is 7.95. The molecule has 0 bridgehead atoms. The molecule has 1 atom stereocenters. The average Bonchev–Trinajstić information content (AvgIpc) is 2.23. The zero-order valence-corrected chi connectivity index (χ0v) is 14.5. The van der Waals surface area contributed by atoms with Crippen molar-refractivity contribution in [3.05, 3.63) is 28.8 Å². The van der Waals surface area contributed by atoms with Gasteiger partial charge in [0.05, 0.1) is 21.9 Å². The maximum atomic E-state index is 6.51. The Labute approximate surface area is 133 Å². The molecule has 0 saturated carbocycles. The largest absolute Gasteiger partial charge is 0.366 e. The Kier molecular flexibility index (Phi) is 4.57. The van der Waals surface area contributed by atoms with Crippen LogP contribution in [0.2, 0.25) is 5.02 Å². The predicted molar refractivity (Wildman–Crippen MR) is 90.3 cm³/mol. The Bertz CT molecular complexity index is 496. The van der Waals surface area contributed by atoms with Crippen LogP contribution in [0, 0.1) is 0 Å². The van der Waals surface area contributed by atoms with Crippen LogP contribution in [-0.4, -0.2) is 30.3 Å². The Balaban J connectivity index is 2.25. The third kappa shape index (κ3) is 4.35. The van der Waals surface area contributed by atoms with Crippen molar-refractivity contribution >= 4 is 17.3 Å². The highest BCUT2D eigenvalue weighted by atomic mass is 35.5. The van der Waals surface area contributed by atoms with Crippen molar-refractivity contribution in [2.45, 2.75) is 58.3 Å². The van der Waals surface area contributed by atoms with Crippen LogP contribution in [0.15, 0.2) is 18.2 Å². The van der Waals surface area contributed by atoms with E-state index in [4.69, 9.17) is 22.1 Å². The lowest BCUT2D eigenvalue weighted by Gasteiger charge is -2.48. The van der Waals surface area contributed by atoms with E-state index in [1.54, 1.807) is 0 Å². The van der Waals surface area contributed by atoms with Crippen LogP contribution in [-0.2, 0) is 11.2 Å². The van der Waals surface area contributed by atoms with Gasteiger partial charge in [-0.05, 0) is 58.7 Å². The van der Waals surface area contributed by atoms with Crippen LogP contribution in [0.25, 0.3) is 0 Å². The smallest absolute Gasteiger partial charge is 0.0808 e. The highest BCUT2D eigenvalue weighted by Crippen LogP contribution is 2.35. The number of benzene rings is 1. The van der Waals surface area contributed by atoms with Crippen molar-refractivity contribution in [3.63, 3.8) is 0 Å². The molecule has 1 heterocycles. The molecule has 0 amide bonds. The number of nitrogens with zero attached hydrogens (tertiary/aromatic N) is 1. The van der Waals surface area contributed by atoms with Gasteiger partial charge in [0, 0.05) is 19.1 Å². The van der Waals surface area contributed by atoms with E-state index >= 15 is 0 Å². The van der Waals surface area contributed by atoms with Crippen molar-refractivity contribution < 1.29 is 4.74 Å². The maximum absolute atomic E-state index is 6.51. The summed E-state index contributed by atoms with van der Waals surface area (Å²) in [5.41, 5.74) is 7.75. The lowest BCUT2D eigenvalue weighted by molar-refractivity contribution is -0.133. The molecule has 2 rings (SSSR count). The average molecular weight is 311 g/mol. The van der Waals surface area contributed by atoms with Gasteiger partial charge in [0.1, 0.15) is 0 Å². The van der Waals surface area contributed by atoms with Crippen molar-refractivity contribution in [1.82, 2.24) is 0 Å². The third-order valence-electron chi connectivity index (χ3n) is 3.61. The summed E-state index contributed by atoms with van der Waals surface area (Å²) in [4.78, 5) is 2.32. The zero-order chi connectivity index (χ0) is 15.8. The monoisotopic (exact) mass is 310 g/mol. The summed E-state index contributed by atoms with van der Waals surface area (Å²) < 4.78 is 6.13. The van der Waals surface area contributed by atoms with E-state index in [0.29, 0.717) is 0 Å². The Morgan fingerprint density at radius 1 is 1.24 bits per heavy atom. The second kappa shape index (κ2) is 5.79.